The summed E-state index contributed by atoms with van der Waals surface area (Å²) in [6.07, 6.45) is 0. The summed E-state index contributed by atoms with van der Waals surface area (Å²) in [5.41, 5.74) is 5.32. The summed E-state index contributed by atoms with van der Waals surface area (Å²) in [6.45, 7) is -0.209. The average molecular weight is 446 g/mol. The van der Waals surface area contributed by atoms with E-state index in [1.807, 2.05) is 0 Å². The molecule has 11 heteroatoms. The molecule has 0 atom stereocenters. The third-order valence-corrected chi connectivity index (χ3v) is 4.39. The number of nitrogens with one attached hydrogen (secondary N) is 3. The highest BCUT2D eigenvalue weighted by Gasteiger charge is 2.18. The van der Waals surface area contributed by atoms with Crippen LogP contribution in [0.2, 0.25) is 15.2 Å². The molecule has 146 valence electrons. The molecule has 0 saturated carbocycles. The number of hydrogen-bond donors (Lipinski definition) is 4. The number of carbonyl (C=O) groups excluding carboxylic acids is 1. The Morgan fingerprint density at radius 3 is 2.57 bits per heavy atom. The fourth-order valence-electron chi connectivity index (χ4n) is 2.35. The number of imidazole rings is 1. The number of aromatic nitrogens is 2. The second kappa shape index (κ2) is 8.14. The minimum atomic E-state index is -0.778. The highest BCUT2D eigenvalue weighted by molar-refractivity contribution is 6.32. The molecule has 0 saturated heterocycles. The van der Waals surface area contributed by atoms with Crippen molar-refractivity contribution in [1.82, 2.24) is 15.3 Å². The first kappa shape index (κ1) is 20.1. The molecule has 0 aliphatic carbocycles. The normalized spacial score (nSPS) is 10.7. The van der Waals surface area contributed by atoms with E-state index in [9.17, 15) is 14.0 Å². The molecule has 0 aliphatic heterocycles. The number of halogens is 4. The molecular weight excluding hydrogens is 434 g/mol. The van der Waals surface area contributed by atoms with Crippen LogP contribution in [0.1, 0.15) is 16.1 Å². The van der Waals surface area contributed by atoms with Gasteiger partial charge in [-0.15, -0.1) is 0 Å². The van der Waals surface area contributed by atoms with Gasteiger partial charge >= 0.3 is 5.69 Å². The van der Waals surface area contributed by atoms with Gasteiger partial charge < -0.3 is 20.8 Å². The van der Waals surface area contributed by atoms with Gasteiger partial charge in [0.25, 0.3) is 5.91 Å². The average Bonchev–Trinajstić information content (AvgIpc) is 2.95. The van der Waals surface area contributed by atoms with Crippen molar-refractivity contribution in [3.63, 3.8) is 0 Å². The Morgan fingerprint density at radius 2 is 1.93 bits per heavy atom. The molecule has 0 bridgehead atoms. The van der Waals surface area contributed by atoms with E-state index in [-0.39, 0.29) is 39.5 Å². The van der Waals surface area contributed by atoms with E-state index >= 15 is 0 Å². The zero-order valence-electron chi connectivity index (χ0n) is 13.9. The van der Waals surface area contributed by atoms with E-state index in [1.165, 1.54) is 30.3 Å². The number of ether oxygens (including phenoxy) is 1. The number of aromatic amines is 2. The lowest BCUT2D eigenvalue weighted by atomic mass is 10.2. The Labute approximate surface area is 172 Å². The first-order chi connectivity index (χ1) is 13.2. The van der Waals surface area contributed by atoms with E-state index in [1.54, 1.807) is 0 Å². The Bertz CT molecular complexity index is 1090. The number of anilines is 1. The predicted molar refractivity (Wildman–Crippen MR) is 105 cm³/mol. The number of nitrogens with two attached hydrogens (primary N) is 1. The van der Waals surface area contributed by atoms with Crippen LogP contribution in [0.3, 0.4) is 0 Å². The van der Waals surface area contributed by atoms with Crippen molar-refractivity contribution < 1.29 is 13.9 Å². The minimum absolute atomic E-state index is 0.0177. The Hall–Kier alpha value is -2.68. The second-order valence-corrected chi connectivity index (χ2v) is 6.84. The summed E-state index contributed by atoms with van der Waals surface area (Å²) in [6, 6.07) is 7.22. The van der Waals surface area contributed by atoms with Crippen molar-refractivity contribution in [2.45, 2.75) is 6.54 Å². The quantitative estimate of drug-likeness (QED) is 0.443. The largest absolute Gasteiger partial charge is 0.453 e. The molecule has 0 radical (unpaired) electrons. The van der Waals surface area contributed by atoms with Crippen molar-refractivity contribution in [1.29, 1.82) is 0 Å². The molecular formula is C17H12Cl3FN4O3. The van der Waals surface area contributed by atoms with Gasteiger partial charge in [-0.05, 0) is 18.2 Å². The van der Waals surface area contributed by atoms with Gasteiger partial charge in [0.2, 0.25) is 0 Å². The summed E-state index contributed by atoms with van der Waals surface area (Å²) in [5, 5.41) is 2.62. The number of benzene rings is 2. The van der Waals surface area contributed by atoms with Crippen LogP contribution in [0.15, 0.2) is 35.1 Å². The van der Waals surface area contributed by atoms with Gasteiger partial charge in [-0.25, -0.2) is 9.18 Å². The van der Waals surface area contributed by atoms with E-state index in [2.05, 4.69) is 15.3 Å². The maximum Gasteiger partial charge on any atom is 0.324 e. The Morgan fingerprint density at radius 1 is 1.18 bits per heavy atom. The number of H-pyrrole nitrogens is 2. The molecule has 0 fully saturated rings. The smallest absolute Gasteiger partial charge is 0.324 e. The van der Waals surface area contributed by atoms with Crippen LogP contribution in [0.4, 0.5) is 10.1 Å². The summed E-state index contributed by atoms with van der Waals surface area (Å²) >= 11 is 17.7. The third kappa shape index (κ3) is 4.41. The molecule has 7 nitrogen and oxygen atoms in total. The predicted octanol–water partition coefficient (Wildman–Crippen LogP) is 4.11. The lowest BCUT2D eigenvalue weighted by molar-refractivity contribution is 0.0946. The van der Waals surface area contributed by atoms with Crippen molar-refractivity contribution >= 4 is 46.4 Å². The molecule has 1 amide bonds. The SMILES string of the molecule is Nc1cc(Cl)cc(Oc2c(Cl)ccc(CNC(=O)c3[nH]c(=O)[nH]c3Cl)c2F)c1. The Kier molecular flexibility index (Phi) is 5.83. The molecule has 1 aromatic heterocycles. The number of rotatable bonds is 5. The zero-order valence-corrected chi connectivity index (χ0v) is 16.2. The van der Waals surface area contributed by atoms with Gasteiger partial charge in [0.15, 0.2) is 11.6 Å². The van der Waals surface area contributed by atoms with Gasteiger partial charge in [-0.2, -0.15) is 0 Å². The first-order valence-corrected chi connectivity index (χ1v) is 8.84. The third-order valence-electron chi connectivity index (χ3n) is 3.59. The number of nitrogen functional groups attached to an aromatic ring is 1. The summed E-state index contributed by atoms with van der Waals surface area (Å²) in [7, 11) is 0. The summed E-state index contributed by atoms with van der Waals surface area (Å²) in [4.78, 5) is 27.7. The fraction of sp³-hybridized carbons (Fsp3) is 0.0588. The lowest BCUT2D eigenvalue weighted by Crippen LogP contribution is -2.24. The molecule has 0 unspecified atom stereocenters. The van der Waals surface area contributed by atoms with Gasteiger partial charge in [0.1, 0.15) is 16.6 Å². The van der Waals surface area contributed by atoms with Gasteiger partial charge in [-0.1, -0.05) is 40.9 Å². The maximum atomic E-state index is 14.8. The molecule has 28 heavy (non-hydrogen) atoms. The lowest BCUT2D eigenvalue weighted by Gasteiger charge is -2.13. The highest BCUT2D eigenvalue weighted by atomic mass is 35.5. The van der Waals surface area contributed by atoms with Crippen molar-refractivity contribution in [3.8, 4) is 11.5 Å². The van der Waals surface area contributed by atoms with Crippen LogP contribution in [0, 0.1) is 5.82 Å². The zero-order chi connectivity index (χ0) is 20.4. The van der Waals surface area contributed by atoms with Gasteiger partial charge in [0.05, 0.1) is 5.02 Å². The highest BCUT2D eigenvalue weighted by Crippen LogP contribution is 2.35. The molecule has 3 aromatic rings. The molecule has 1 heterocycles. The van der Waals surface area contributed by atoms with E-state index in [0.717, 1.165) is 0 Å². The number of amides is 1. The molecule has 0 spiro atoms. The van der Waals surface area contributed by atoms with Crippen LogP contribution in [0.5, 0.6) is 11.5 Å². The summed E-state index contributed by atoms with van der Waals surface area (Å²) < 4.78 is 20.3. The van der Waals surface area contributed by atoms with Gasteiger partial charge in [-0.3, -0.25) is 9.78 Å². The van der Waals surface area contributed by atoms with E-state index in [0.29, 0.717) is 10.7 Å². The fourth-order valence-corrected chi connectivity index (χ4v) is 2.98. The first-order valence-electron chi connectivity index (χ1n) is 7.71. The standard InChI is InChI=1S/C17H12Cl3FN4O3/c18-8-3-9(22)5-10(4-8)28-14-11(19)2-1-7(12(14)21)6-23-16(26)13-15(20)25-17(27)24-13/h1-5H,6,22H2,(H,23,26)(H2,24,25,27). The second-order valence-electron chi connectivity index (χ2n) is 5.62. The van der Waals surface area contributed by atoms with Crippen LogP contribution in [0.25, 0.3) is 0 Å². The van der Waals surface area contributed by atoms with Crippen molar-refractivity contribution in [3.05, 3.63) is 73.1 Å². The van der Waals surface area contributed by atoms with E-state index < -0.39 is 17.4 Å². The van der Waals surface area contributed by atoms with Crippen LogP contribution in [-0.2, 0) is 6.54 Å². The Balaban J connectivity index is 1.81. The number of carbonyl (C=O) groups is 1. The number of hydrogen-bond acceptors (Lipinski definition) is 4. The van der Waals surface area contributed by atoms with Crippen molar-refractivity contribution in [2.24, 2.45) is 0 Å². The molecule has 0 aliphatic rings. The van der Waals surface area contributed by atoms with Crippen LogP contribution in [-0.4, -0.2) is 15.9 Å². The maximum absolute atomic E-state index is 14.8. The van der Waals surface area contributed by atoms with Gasteiger partial charge in [0, 0.05) is 28.9 Å². The molecule has 3 rings (SSSR count). The minimum Gasteiger partial charge on any atom is -0.453 e. The monoisotopic (exact) mass is 444 g/mol. The van der Waals surface area contributed by atoms with Crippen LogP contribution >= 0.6 is 34.8 Å². The van der Waals surface area contributed by atoms with E-state index in [4.69, 9.17) is 45.3 Å². The molecule has 2 aromatic carbocycles. The van der Waals surface area contributed by atoms with Crippen LogP contribution < -0.4 is 21.5 Å². The topological polar surface area (TPSA) is 113 Å². The molecule has 5 N–H and O–H groups in total. The van der Waals surface area contributed by atoms with Crippen molar-refractivity contribution in [2.75, 3.05) is 5.73 Å². The summed E-state index contributed by atoms with van der Waals surface area (Å²) in [5.74, 6) is -1.52.